The number of nitrogens with one attached hydrogen (secondary N) is 1. The molecule has 0 spiro atoms. The molecule has 0 radical (unpaired) electrons. The van der Waals surface area contributed by atoms with Gasteiger partial charge in [0.2, 0.25) is 0 Å². The topological polar surface area (TPSA) is 180 Å². The predicted octanol–water partition coefficient (Wildman–Crippen LogP) is 8.77. The number of rotatable bonds is 14. The van der Waals surface area contributed by atoms with Gasteiger partial charge < -0.3 is 71.5 Å². The predicted molar refractivity (Wildman–Crippen MR) is 293 cm³/mol. The van der Waals surface area contributed by atoms with Crippen molar-refractivity contribution in [3.63, 3.8) is 0 Å². The van der Waals surface area contributed by atoms with Crippen molar-refractivity contribution in [3.8, 4) is 0 Å². The lowest BCUT2D eigenvalue weighted by atomic mass is 9.82. The van der Waals surface area contributed by atoms with E-state index in [1.165, 1.54) is 6.92 Å². The molecule has 17 nitrogen and oxygen atoms in total. The molecule has 5 aliphatic heterocycles. The summed E-state index contributed by atoms with van der Waals surface area (Å²) >= 11 is 0. The van der Waals surface area contributed by atoms with E-state index in [0.29, 0.717) is 19.3 Å². The van der Waals surface area contributed by atoms with Crippen LogP contribution >= 0.6 is 0 Å². The summed E-state index contributed by atoms with van der Waals surface area (Å²) < 4.78 is 81.0. The van der Waals surface area contributed by atoms with Gasteiger partial charge in [0.15, 0.2) is 41.6 Å². The number of nitrogens with zero attached hydrogens (tertiary/aromatic N) is 1. The van der Waals surface area contributed by atoms with Crippen LogP contribution in [0, 0.1) is 11.8 Å². The van der Waals surface area contributed by atoms with Crippen LogP contribution in [0.25, 0.3) is 0 Å². The third-order valence-corrected chi connectivity index (χ3v) is 26.1. The first kappa shape index (κ1) is 64.2. The van der Waals surface area contributed by atoms with E-state index in [-0.39, 0.29) is 53.0 Å². The van der Waals surface area contributed by atoms with Crippen LogP contribution in [-0.2, 0) is 65.8 Å². The molecule has 0 aliphatic carbocycles. The maximum absolute atomic E-state index is 14.0. The van der Waals surface area contributed by atoms with Gasteiger partial charge in [-0.2, -0.15) is 0 Å². The number of carbonyl (C=O) groups is 2. The molecule has 434 valence electrons. The summed E-state index contributed by atoms with van der Waals surface area (Å²) in [6.45, 7) is 34.9. The molecule has 5 heterocycles. The van der Waals surface area contributed by atoms with Crippen LogP contribution in [-0.4, -0.2) is 177 Å². The van der Waals surface area contributed by atoms with Crippen LogP contribution in [0.3, 0.4) is 0 Å². The summed E-state index contributed by atoms with van der Waals surface area (Å²) in [6.07, 6.45) is 1.04. The Kier molecular flexibility index (Phi) is 22.5. The van der Waals surface area contributed by atoms with Crippen LogP contribution in [0.5, 0.6) is 0 Å². The van der Waals surface area contributed by atoms with E-state index in [0.717, 1.165) is 12.8 Å². The highest BCUT2D eigenvalue weighted by molar-refractivity contribution is 6.74. The van der Waals surface area contributed by atoms with Crippen molar-refractivity contribution in [2.75, 3.05) is 28.3 Å². The zero-order valence-electron chi connectivity index (χ0n) is 49.8. The molecule has 0 aromatic rings. The smallest absolute Gasteiger partial charge is 0.308 e. The first-order valence-electron chi connectivity index (χ1n) is 27.9. The van der Waals surface area contributed by atoms with Gasteiger partial charge in [-0.1, -0.05) is 72.8 Å². The molecule has 4 fully saturated rings. The minimum absolute atomic E-state index is 0.0419. The molecule has 0 amide bonds. The normalized spacial score (nSPS) is 41.2. The number of ether oxygens (including phenoxy) is 10. The van der Waals surface area contributed by atoms with Gasteiger partial charge in [0.05, 0.1) is 60.8 Å². The van der Waals surface area contributed by atoms with Crippen molar-refractivity contribution in [1.29, 1.82) is 0 Å². The number of likely N-dealkylation sites (N-methyl/N-ethyl adjacent to an activating group) is 2. The van der Waals surface area contributed by atoms with E-state index < -0.39 is 120 Å². The quantitative estimate of drug-likeness (QED) is 0.124. The first-order chi connectivity index (χ1) is 34.7. The number of hydrogen-bond donors (Lipinski definition) is 2. The van der Waals surface area contributed by atoms with E-state index in [2.05, 4.69) is 93.0 Å². The number of allylic oxidation sites excluding steroid dienone is 2. The highest BCUT2D eigenvalue weighted by atomic mass is 28.4. The fourth-order valence-corrected chi connectivity index (χ4v) is 13.5. The van der Waals surface area contributed by atoms with Gasteiger partial charge in [-0.05, 0) is 123 Å². The highest BCUT2D eigenvalue weighted by Gasteiger charge is 2.56. The lowest BCUT2D eigenvalue weighted by molar-refractivity contribution is -0.343. The Balaban J connectivity index is 1.57. The molecular weight excluding hydrogens is 997 g/mol. The summed E-state index contributed by atoms with van der Waals surface area (Å²) in [5, 5.41) is 15.2. The van der Waals surface area contributed by atoms with Crippen LogP contribution in [0.4, 0.5) is 0 Å². The molecular formula is C56H102N2O15Si2. The molecule has 5 aliphatic rings. The summed E-state index contributed by atoms with van der Waals surface area (Å²) in [6, 6.07) is -0.401. The van der Waals surface area contributed by atoms with Crippen LogP contribution < -0.4 is 5.32 Å². The molecule has 0 saturated carbocycles. The number of esters is 2. The zero-order chi connectivity index (χ0) is 56.2. The molecule has 4 saturated heterocycles. The van der Waals surface area contributed by atoms with Gasteiger partial charge in [0, 0.05) is 39.3 Å². The molecule has 20 atom stereocenters. The number of cyclic esters (lactones) is 1. The molecule has 2 N–H and O–H groups in total. The van der Waals surface area contributed by atoms with Gasteiger partial charge in [-0.25, -0.2) is 0 Å². The molecule has 19 heteroatoms. The van der Waals surface area contributed by atoms with Crippen molar-refractivity contribution in [3.05, 3.63) is 24.3 Å². The number of methoxy groups -OCH3 is 1. The van der Waals surface area contributed by atoms with E-state index in [1.807, 2.05) is 65.0 Å². The maximum atomic E-state index is 14.0. The average Bonchev–Trinajstić information content (AvgIpc) is 3.38. The minimum Gasteiger partial charge on any atom is -0.462 e. The lowest BCUT2D eigenvalue weighted by Crippen LogP contribution is -2.67. The van der Waals surface area contributed by atoms with E-state index >= 15 is 0 Å². The first-order valence-corrected chi connectivity index (χ1v) is 33.7. The van der Waals surface area contributed by atoms with Crippen molar-refractivity contribution in [2.45, 2.75) is 281 Å². The second kappa shape index (κ2) is 26.3. The van der Waals surface area contributed by atoms with Crippen LogP contribution in [0.1, 0.15) is 135 Å². The van der Waals surface area contributed by atoms with Crippen molar-refractivity contribution in [2.24, 2.45) is 11.8 Å². The SMILES string of the molecule is CN[C@H]1CCC(O[C@H]2/C=C/C=C/C[C@@H](C)OC(=O)C[C@H]3O[C@@H](O[Si](C)(C)C(C)(C)C)C[C@@H](C[C@H]2C)C(O[C@@H]2O[C@H](C)[C@@H](O[C@H]4C[C@@](C)(O)[C@@H](O[Si](C)(C)C(C)(C)C)[C@H](C)O4)[C@H](N(C)C)[C@H]2OC(C)=O)[C@H]3OC)O[C@@H]1C. The minimum atomic E-state index is -2.50. The summed E-state index contributed by atoms with van der Waals surface area (Å²) in [5.41, 5.74) is -1.29. The number of carbonyl (C=O) groups excluding carboxylic acids is 2. The Bertz CT molecular complexity index is 1890. The molecule has 2 unspecified atom stereocenters. The summed E-state index contributed by atoms with van der Waals surface area (Å²) in [7, 11) is 2.56. The number of fused-ring (bicyclic) bond motifs is 3. The van der Waals surface area contributed by atoms with Gasteiger partial charge in [-0.15, -0.1) is 0 Å². The van der Waals surface area contributed by atoms with E-state index in [9.17, 15) is 14.7 Å². The van der Waals surface area contributed by atoms with Crippen molar-refractivity contribution in [1.82, 2.24) is 10.2 Å². The Labute approximate surface area is 453 Å². The fourth-order valence-electron chi connectivity index (χ4n) is 10.9. The average molecular weight is 1100 g/mol. The molecule has 5 rings (SSSR count). The Hall–Kier alpha value is -1.67. The monoisotopic (exact) mass is 1100 g/mol. The standard InChI is InChI=1S/C56H102N2O15Si2/c1-33-29-39-30-45(72-74(18,19)54(7,8)9)69-42(31-43(60)63-34(2)25-23-22-24-26-41(33)68-44-28-27-40(57-14)35(3)64-44)50(62-17)49(39)71-53-51(67-38(6)59)47(58(15)16)48(36(4)66-53)70-46-32-56(13,61)52(37(5)65-46)73-75(20,21)55(10,11)12/h22-24,26,33-37,39-42,44-53,57,61H,25,27-32H2,1-21H3/b23-22+,26-24+/t33-,34-,35-,36-,37+,39-,40+,41+,42-,44?,45+,46+,47+,48-,49?,50+,51-,52+,53+,56-/m1/s1. The largest absolute Gasteiger partial charge is 0.462 e. The Morgan fingerprint density at radius 3 is 2.00 bits per heavy atom. The zero-order valence-corrected chi connectivity index (χ0v) is 51.8. The van der Waals surface area contributed by atoms with E-state index in [1.54, 1.807) is 14.0 Å². The third kappa shape index (κ3) is 16.7. The van der Waals surface area contributed by atoms with Gasteiger partial charge in [0.25, 0.3) is 0 Å². The lowest BCUT2D eigenvalue weighted by Gasteiger charge is -2.52. The fraction of sp³-hybridized carbons (Fsp3) is 0.893. The van der Waals surface area contributed by atoms with Gasteiger partial charge >= 0.3 is 11.9 Å². The van der Waals surface area contributed by atoms with Gasteiger partial charge in [-0.3, -0.25) is 9.59 Å². The second-order valence-corrected chi connectivity index (χ2v) is 35.4. The highest BCUT2D eigenvalue weighted by Crippen LogP contribution is 2.45. The Morgan fingerprint density at radius 2 is 1.43 bits per heavy atom. The maximum Gasteiger partial charge on any atom is 0.308 e. The molecule has 2 bridgehead atoms. The number of aliphatic hydroxyl groups is 1. The van der Waals surface area contributed by atoms with E-state index in [4.69, 9.17) is 56.2 Å². The second-order valence-electron chi connectivity index (χ2n) is 25.9. The van der Waals surface area contributed by atoms with Crippen molar-refractivity contribution < 1.29 is 70.9 Å². The van der Waals surface area contributed by atoms with Crippen molar-refractivity contribution >= 4 is 28.6 Å². The summed E-state index contributed by atoms with van der Waals surface area (Å²) in [5.74, 6) is -1.45. The third-order valence-electron chi connectivity index (χ3n) is 17.2. The summed E-state index contributed by atoms with van der Waals surface area (Å²) in [4.78, 5) is 29.3. The Morgan fingerprint density at radius 1 is 0.787 bits per heavy atom. The van der Waals surface area contributed by atoms with Crippen LogP contribution in [0.2, 0.25) is 36.3 Å². The van der Waals surface area contributed by atoms with Gasteiger partial charge in [0.1, 0.15) is 24.6 Å². The number of hydrogen-bond acceptors (Lipinski definition) is 17. The van der Waals surface area contributed by atoms with Crippen LogP contribution in [0.15, 0.2) is 24.3 Å². The molecule has 75 heavy (non-hydrogen) atoms. The molecule has 0 aromatic heterocycles. The molecule has 0 aromatic carbocycles.